The number of anilines is 2. The van der Waals surface area contributed by atoms with Crippen molar-refractivity contribution in [1.29, 1.82) is 5.26 Å². The number of nitrogens with zero attached hydrogens (tertiary/aromatic N) is 1. The Morgan fingerprint density at radius 1 is 1.11 bits per heavy atom. The Bertz CT molecular complexity index is 650. The van der Waals surface area contributed by atoms with Crippen molar-refractivity contribution < 1.29 is 4.74 Å². The van der Waals surface area contributed by atoms with Crippen LogP contribution in [0.1, 0.15) is 5.56 Å². The maximum absolute atomic E-state index is 9.07. The molecule has 2 aromatic carbocycles. The molecule has 0 aliphatic rings. The Kier molecular flexibility index (Phi) is 4.16. The molecule has 3 nitrogen and oxygen atoms in total. The number of nitriles is 1. The number of ether oxygens (including phenoxy) is 1. The largest absolute Gasteiger partial charge is 0.497 e. The molecule has 0 atom stereocenters. The van der Waals surface area contributed by atoms with Gasteiger partial charge in [-0.05, 0) is 30.3 Å². The third-order valence-electron chi connectivity index (χ3n) is 2.54. The van der Waals surface area contributed by atoms with Crippen LogP contribution < -0.4 is 10.1 Å². The van der Waals surface area contributed by atoms with Gasteiger partial charge in [0.25, 0.3) is 0 Å². The van der Waals surface area contributed by atoms with Gasteiger partial charge in [-0.3, -0.25) is 0 Å². The predicted molar refractivity (Wildman–Crippen MR) is 77.5 cm³/mol. The van der Waals surface area contributed by atoms with Gasteiger partial charge < -0.3 is 10.1 Å². The Balaban J connectivity index is 2.41. The topological polar surface area (TPSA) is 45.0 Å². The lowest BCUT2D eigenvalue weighted by atomic mass is 10.2. The standard InChI is InChI=1S/C14H10Cl2N2O/c1-19-11-4-5-12(16)14(7-11)18-13-6-10(15)3-2-9(13)8-17/h2-7,18H,1H3. The van der Waals surface area contributed by atoms with Crippen LogP contribution in [0.15, 0.2) is 36.4 Å². The van der Waals surface area contributed by atoms with Crippen LogP contribution in [0.3, 0.4) is 0 Å². The Morgan fingerprint density at radius 3 is 2.58 bits per heavy atom. The van der Waals surface area contributed by atoms with E-state index in [1.807, 2.05) is 0 Å². The first-order valence-corrected chi connectivity index (χ1v) is 6.20. The monoisotopic (exact) mass is 292 g/mol. The molecule has 0 bridgehead atoms. The first kappa shape index (κ1) is 13.5. The maximum Gasteiger partial charge on any atom is 0.121 e. The van der Waals surface area contributed by atoms with Gasteiger partial charge in [-0.15, -0.1) is 0 Å². The van der Waals surface area contributed by atoms with Gasteiger partial charge in [-0.2, -0.15) is 5.26 Å². The normalized spacial score (nSPS) is 9.79. The smallest absolute Gasteiger partial charge is 0.121 e. The van der Waals surface area contributed by atoms with Gasteiger partial charge in [-0.1, -0.05) is 23.2 Å². The van der Waals surface area contributed by atoms with E-state index >= 15 is 0 Å². The molecule has 0 saturated heterocycles. The molecule has 0 aliphatic carbocycles. The molecule has 5 heteroatoms. The third-order valence-corrected chi connectivity index (χ3v) is 3.11. The van der Waals surface area contributed by atoms with Gasteiger partial charge >= 0.3 is 0 Å². The Labute approximate surface area is 121 Å². The van der Waals surface area contributed by atoms with Crippen LogP contribution in [-0.2, 0) is 0 Å². The number of rotatable bonds is 3. The van der Waals surface area contributed by atoms with Crippen LogP contribution in [0, 0.1) is 11.3 Å². The molecule has 0 amide bonds. The molecule has 0 saturated carbocycles. The van der Waals surface area contributed by atoms with Crippen LogP contribution in [-0.4, -0.2) is 7.11 Å². The minimum Gasteiger partial charge on any atom is -0.497 e. The Morgan fingerprint density at radius 2 is 1.89 bits per heavy atom. The first-order valence-electron chi connectivity index (χ1n) is 5.44. The predicted octanol–water partition coefficient (Wildman–Crippen LogP) is 4.62. The number of halogens is 2. The average Bonchev–Trinajstić information content (AvgIpc) is 2.41. The number of benzene rings is 2. The molecule has 1 N–H and O–H groups in total. The highest BCUT2D eigenvalue weighted by Gasteiger charge is 2.07. The van der Waals surface area contributed by atoms with Crippen LogP contribution in [0.2, 0.25) is 10.0 Å². The summed E-state index contributed by atoms with van der Waals surface area (Å²) in [6.07, 6.45) is 0. The summed E-state index contributed by atoms with van der Waals surface area (Å²) in [4.78, 5) is 0. The highest BCUT2D eigenvalue weighted by Crippen LogP contribution is 2.31. The molecule has 0 radical (unpaired) electrons. The van der Waals surface area contributed by atoms with E-state index in [-0.39, 0.29) is 0 Å². The molecule has 2 aromatic rings. The summed E-state index contributed by atoms with van der Waals surface area (Å²) in [5.74, 6) is 0.674. The fourth-order valence-corrected chi connectivity index (χ4v) is 1.93. The number of hydrogen-bond donors (Lipinski definition) is 1. The third kappa shape index (κ3) is 3.11. The van der Waals surface area contributed by atoms with Gasteiger partial charge in [0.2, 0.25) is 0 Å². The van der Waals surface area contributed by atoms with Crippen LogP contribution in [0.25, 0.3) is 0 Å². The van der Waals surface area contributed by atoms with E-state index in [0.717, 1.165) is 0 Å². The zero-order valence-electron chi connectivity index (χ0n) is 10.1. The summed E-state index contributed by atoms with van der Waals surface area (Å²) >= 11 is 12.0. The highest BCUT2D eigenvalue weighted by atomic mass is 35.5. The lowest BCUT2D eigenvalue weighted by Crippen LogP contribution is -1.95. The van der Waals surface area contributed by atoms with Crippen molar-refractivity contribution in [3.8, 4) is 11.8 Å². The van der Waals surface area contributed by atoms with Crippen molar-refractivity contribution in [2.24, 2.45) is 0 Å². The van der Waals surface area contributed by atoms with E-state index in [1.165, 1.54) is 0 Å². The zero-order chi connectivity index (χ0) is 13.8. The number of methoxy groups -OCH3 is 1. The molecular formula is C14H10Cl2N2O. The summed E-state index contributed by atoms with van der Waals surface area (Å²) in [6.45, 7) is 0. The van der Waals surface area contributed by atoms with Crippen molar-refractivity contribution >= 4 is 34.6 Å². The fourth-order valence-electron chi connectivity index (χ4n) is 1.59. The molecule has 19 heavy (non-hydrogen) atoms. The maximum atomic E-state index is 9.07. The van der Waals surface area contributed by atoms with E-state index in [1.54, 1.807) is 43.5 Å². The summed E-state index contributed by atoms with van der Waals surface area (Å²) in [7, 11) is 1.58. The minimum absolute atomic E-state index is 0.489. The minimum atomic E-state index is 0.489. The van der Waals surface area contributed by atoms with Gasteiger partial charge in [0, 0.05) is 11.1 Å². The molecule has 96 valence electrons. The van der Waals surface area contributed by atoms with Crippen molar-refractivity contribution in [2.75, 3.05) is 12.4 Å². The second kappa shape index (κ2) is 5.83. The number of hydrogen-bond acceptors (Lipinski definition) is 3. The summed E-state index contributed by atoms with van der Waals surface area (Å²) < 4.78 is 5.14. The van der Waals surface area contributed by atoms with E-state index in [9.17, 15) is 0 Å². The van der Waals surface area contributed by atoms with E-state index in [0.29, 0.717) is 32.7 Å². The second-order valence-electron chi connectivity index (χ2n) is 3.77. The van der Waals surface area contributed by atoms with Crippen LogP contribution in [0.5, 0.6) is 5.75 Å². The molecule has 0 fully saturated rings. The van der Waals surface area contributed by atoms with Crippen molar-refractivity contribution in [3.63, 3.8) is 0 Å². The van der Waals surface area contributed by atoms with E-state index in [4.69, 9.17) is 33.2 Å². The number of nitrogens with one attached hydrogen (secondary N) is 1. The summed E-state index contributed by atoms with van der Waals surface area (Å²) in [5, 5.41) is 13.2. The molecular weight excluding hydrogens is 283 g/mol. The van der Waals surface area contributed by atoms with Crippen molar-refractivity contribution in [1.82, 2.24) is 0 Å². The van der Waals surface area contributed by atoms with Gasteiger partial charge in [0.1, 0.15) is 11.8 Å². The lowest BCUT2D eigenvalue weighted by Gasteiger charge is -2.11. The molecule has 0 unspecified atom stereocenters. The molecule has 0 aromatic heterocycles. The summed E-state index contributed by atoms with van der Waals surface area (Å²) in [6, 6.07) is 12.3. The van der Waals surface area contributed by atoms with Crippen LogP contribution >= 0.6 is 23.2 Å². The fraction of sp³-hybridized carbons (Fsp3) is 0.0714. The highest BCUT2D eigenvalue weighted by molar-refractivity contribution is 6.33. The molecule has 0 heterocycles. The molecule has 0 aliphatic heterocycles. The quantitative estimate of drug-likeness (QED) is 0.898. The van der Waals surface area contributed by atoms with Crippen molar-refractivity contribution in [2.45, 2.75) is 0 Å². The SMILES string of the molecule is COc1ccc(Cl)c(Nc2cc(Cl)ccc2C#N)c1. The zero-order valence-corrected chi connectivity index (χ0v) is 11.6. The Hall–Kier alpha value is -1.89. The summed E-state index contributed by atoms with van der Waals surface area (Å²) in [5.41, 5.74) is 1.74. The lowest BCUT2D eigenvalue weighted by molar-refractivity contribution is 0.415. The second-order valence-corrected chi connectivity index (χ2v) is 4.62. The average molecular weight is 293 g/mol. The molecule has 2 rings (SSSR count). The van der Waals surface area contributed by atoms with E-state index in [2.05, 4.69) is 11.4 Å². The first-order chi connectivity index (χ1) is 9.13. The van der Waals surface area contributed by atoms with Gasteiger partial charge in [-0.25, -0.2) is 0 Å². The van der Waals surface area contributed by atoms with Gasteiger partial charge in [0.15, 0.2) is 0 Å². The van der Waals surface area contributed by atoms with E-state index < -0.39 is 0 Å². The van der Waals surface area contributed by atoms with Gasteiger partial charge in [0.05, 0.1) is 29.1 Å². The molecule has 0 spiro atoms. The van der Waals surface area contributed by atoms with Crippen LogP contribution in [0.4, 0.5) is 11.4 Å². The van der Waals surface area contributed by atoms with Crippen molar-refractivity contribution in [3.05, 3.63) is 52.0 Å².